The van der Waals surface area contributed by atoms with E-state index < -0.39 is 0 Å². The Kier molecular flexibility index (Phi) is 4.19. The molecule has 2 heteroatoms. The molecule has 4 aromatic rings. The van der Waals surface area contributed by atoms with Gasteiger partial charge in [0.2, 0.25) is 0 Å². The number of fused-ring (bicyclic) bond motifs is 3. The molecule has 0 nitrogen and oxygen atoms in total. The summed E-state index contributed by atoms with van der Waals surface area (Å²) in [6.45, 7) is 2.18. The van der Waals surface area contributed by atoms with E-state index in [1.165, 1.54) is 5.56 Å². The van der Waals surface area contributed by atoms with Gasteiger partial charge in [-0.15, -0.1) is 0 Å². The third-order valence-electron chi connectivity index (χ3n) is 4.68. The van der Waals surface area contributed by atoms with Gasteiger partial charge in [-0.25, -0.2) is 4.39 Å². The van der Waals surface area contributed by atoms with Crippen molar-refractivity contribution in [3.05, 3.63) is 83.1 Å². The van der Waals surface area contributed by atoms with Crippen molar-refractivity contribution >= 4 is 33.1 Å². The predicted molar refractivity (Wildman–Crippen MR) is 106 cm³/mol. The van der Waals surface area contributed by atoms with Crippen molar-refractivity contribution in [1.29, 1.82) is 0 Å². The Balaban J connectivity index is 1.90. The first-order valence-electron chi connectivity index (χ1n) is 8.56. The Morgan fingerprint density at radius 2 is 1.52 bits per heavy atom. The van der Waals surface area contributed by atoms with Gasteiger partial charge in [0.25, 0.3) is 0 Å². The second-order valence-electron chi connectivity index (χ2n) is 6.43. The number of hydrogen-bond acceptors (Lipinski definition) is 0. The fourth-order valence-electron chi connectivity index (χ4n) is 3.43. The molecule has 0 saturated carbocycles. The lowest BCUT2D eigenvalue weighted by Crippen LogP contribution is -1.88. The molecule has 0 atom stereocenters. The Bertz CT molecular complexity index is 1060. The molecular formula is C23H18ClF. The molecule has 0 N–H and O–H groups in total. The summed E-state index contributed by atoms with van der Waals surface area (Å²) in [5.41, 5.74) is 2.76. The largest absolute Gasteiger partial charge is 0.206 e. The molecular weight excluding hydrogens is 331 g/mol. The molecule has 4 aromatic carbocycles. The van der Waals surface area contributed by atoms with Crippen LogP contribution in [0.25, 0.3) is 32.7 Å². The molecule has 0 aliphatic rings. The van der Waals surface area contributed by atoms with Crippen LogP contribution < -0.4 is 0 Å². The van der Waals surface area contributed by atoms with Crippen molar-refractivity contribution in [3.8, 4) is 11.1 Å². The highest BCUT2D eigenvalue weighted by atomic mass is 35.5. The number of aryl methyl sites for hydroxylation is 1. The molecule has 0 aliphatic carbocycles. The Morgan fingerprint density at radius 1 is 0.800 bits per heavy atom. The first kappa shape index (κ1) is 16.1. The van der Waals surface area contributed by atoms with E-state index in [0.717, 1.165) is 39.9 Å². The van der Waals surface area contributed by atoms with Gasteiger partial charge in [-0.2, -0.15) is 0 Å². The summed E-state index contributed by atoms with van der Waals surface area (Å²) in [4.78, 5) is 0. The van der Waals surface area contributed by atoms with Crippen molar-refractivity contribution in [2.45, 2.75) is 19.8 Å². The molecule has 0 aromatic heterocycles. The molecule has 0 heterocycles. The Morgan fingerprint density at radius 3 is 2.24 bits per heavy atom. The van der Waals surface area contributed by atoms with E-state index in [0.29, 0.717) is 10.6 Å². The van der Waals surface area contributed by atoms with Crippen molar-refractivity contribution in [1.82, 2.24) is 0 Å². The van der Waals surface area contributed by atoms with Crippen LogP contribution in [-0.2, 0) is 6.42 Å². The highest BCUT2D eigenvalue weighted by molar-refractivity contribution is 6.30. The highest BCUT2D eigenvalue weighted by Crippen LogP contribution is 2.33. The Hall–Kier alpha value is -2.38. The summed E-state index contributed by atoms with van der Waals surface area (Å²) >= 11 is 5.94. The molecule has 0 bridgehead atoms. The monoisotopic (exact) mass is 348 g/mol. The first-order valence-corrected chi connectivity index (χ1v) is 8.94. The van der Waals surface area contributed by atoms with E-state index in [-0.39, 0.29) is 5.82 Å². The summed E-state index contributed by atoms with van der Waals surface area (Å²) in [6.07, 6.45) is 2.19. The average Bonchev–Trinajstić information content (AvgIpc) is 2.62. The van der Waals surface area contributed by atoms with E-state index in [1.807, 2.05) is 18.2 Å². The highest BCUT2D eigenvalue weighted by Gasteiger charge is 2.10. The molecule has 0 unspecified atom stereocenters. The maximum absolute atomic E-state index is 14.8. The van der Waals surface area contributed by atoms with E-state index in [2.05, 4.69) is 37.3 Å². The van der Waals surface area contributed by atoms with Crippen LogP contribution in [0.3, 0.4) is 0 Å². The zero-order chi connectivity index (χ0) is 17.4. The number of rotatable bonds is 3. The van der Waals surface area contributed by atoms with E-state index in [1.54, 1.807) is 18.2 Å². The maximum atomic E-state index is 14.8. The number of benzene rings is 4. The maximum Gasteiger partial charge on any atom is 0.131 e. The lowest BCUT2D eigenvalue weighted by atomic mass is 9.95. The van der Waals surface area contributed by atoms with Gasteiger partial charge in [-0.3, -0.25) is 0 Å². The molecule has 0 radical (unpaired) electrons. The normalized spacial score (nSPS) is 11.3. The van der Waals surface area contributed by atoms with Crippen LogP contribution >= 0.6 is 11.6 Å². The standard InChI is InChI=1S/C23H18ClF/c1-2-3-15-4-11-20-17(12-15)5-6-18-13-22(23(25)14-21(18)20)16-7-9-19(24)10-8-16/h4-14H,2-3H2,1H3. The molecule has 0 spiro atoms. The predicted octanol–water partition coefficient (Wildman–Crippen LogP) is 7.41. The van der Waals surface area contributed by atoms with E-state index in [9.17, 15) is 4.39 Å². The second kappa shape index (κ2) is 6.50. The molecule has 0 amide bonds. The number of hydrogen-bond donors (Lipinski definition) is 0. The van der Waals surface area contributed by atoms with Gasteiger partial charge < -0.3 is 0 Å². The van der Waals surface area contributed by atoms with Gasteiger partial charge in [0.05, 0.1) is 0 Å². The average molecular weight is 349 g/mol. The first-order chi connectivity index (χ1) is 12.2. The van der Waals surface area contributed by atoms with Crippen LogP contribution in [-0.4, -0.2) is 0 Å². The van der Waals surface area contributed by atoms with Crippen molar-refractivity contribution in [3.63, 3.8) is 0 Å². The zero-order valence-electron chi connectivity index (χ0n) is 14.0. The van der Waals surface area contributed by atoms with Gasteiger partial charge in [0, 0.05) is 10.6 Å². The molecule has 0 aliphatic heterocycles. The summed E-state index contributed by atoms with van der Waals surface area (Å²) < 4.78 is 14.8. The third kappa shape index (κ3) is 3.01. The molecule has 4 rings (SSSR count). The molecule has 0 saturated heterocycles. The van der Waals surface area contributed by atoms with Crippen LogP contribution in [0.4, 0.5) is 4.39 Å². The van der Waals surface area contributed by atoms with Crippen LogP contribution in [0, 0.1) is 5.82 Å². The molecule has 0 fully saturated rings. The quantitative estimate of drug-likeness (QED) is 0.338. The van der Waals surface area contributed by atoms with Gasteiger partial charge >= 0.3 is 0 Å². The SMILES string of the molecule is CCCc1ccc2c(ccc3cc(-c4ccc(Cl)cc4)c(F)cc32)c1. The van der Waals surface area contributed by atoms with Crippen molar-refractivity contribution in [2.24, 2.45) is 0 Å². The van der Waals surface area contributed by atoms with Gasteiger partial charge in [-0.05, 0) is 63.4 Å². The minimum absolute atomic E-state index is 0.208. The summed E-state index contributed by atoms with van der Waals surface area (Å²) in [6, 6.07) is 21.5. The van der Waals surface area contributed by atoms with Crippen LogP contribution in [0.15, 0.2) is 66.7 Å². The smallest absolute Gasteiger partial charge is 0.131 e. The molecule has 25 heavy (non-hydrogen) atoms. The Labute approximate surface area is 151 Å². The van der Waals surface area contributed by atoms with Crippen LogP contribution in [0.5, 0.6) is 0 Å². The topological polar surface area (TPSA) is 0 Å². The van der Waals surface area contributed by atoms with Crippen molar-refractivity contribution < 1.29 is 4.39 Å². The summed E-state index contributed by atoms with van der Waals surface area (Å²) in [7, 11) is 0. The molecule has 124 valence electrons. The zero-order valence-corrected chi connectivity index (χ0v) is 14.8. The van der Waals surface area contributed by atoms with Crippen LogP contribution in [0.1, 0.15) is 18.9 Å². The van der Waals surface area contributed by atoms with Gasteiger partial charge in [0.1, 0.15) is 5.82 Å². The minimum Gasteiger partial charge on any atom is -0.206 e. The van der Waals surface area contributed by atoms with E-state index >= 15 is 0 Å². The van der Waals surface area contributed by atoms with E-state index in [4.69, 9.17) is 11.6 Å². The third-order valence-corrected chi connectivity index (χ3v) is 4.93. The second-order valence-corrected chi connectivity index (χ2v) is 6.87. The lowest BCUT2D eigenvalue weighted by molar-refractivity contribution is 0.633. The lowest BCUT2D eigenvalue weighted by Gasteiger charge is -2.10. The summed E-state index contributed by atoms with van der Waals surface area (Å²) in [5.74, 6) is -0.208. The number of halogens is 2. The van der Waals surface area contributed by atoms with Gasteiger partial charge in [0.15, 0.2) is 0 Å². The fraction of sp³-hybridized carbons (Fsp3) is 0.130. The minimum atomic E-state index is -0.208. The fourth-order valence-corrected chi connectivity index (χ4v) is 3.56. The van der Waals surface area contributed by atoms with Gasteiger partial charge in [-0.1, -0.05) is 67.4 Å². The van der Waals surface area contributed by atoms with Crippen LogP contribution in [0.2, 0.25) is 5.02 Å². The van der Waals surface area contributed by atoms with Crippen molar-refractivity contribution in [2.75, 3.05) is 0 Å². The summed E-state index contributed by atoms with van der Waals surface area (Å²) in [5, 5.41) is 4.91.